The molecule has 0 aromatic rings. The molecular weight excluding hydrogens is 348 g/mol. The summed E-state index contributed by atoms with van der Waals surface area (Å²) in [5.41, 5.74) is -0.101. The van der Waals surface area contributed by atoms with Crippen molar-refractivity contribution in [3.05, 3.63) is 11.6 Å². The zero-order valence-electron chi connectivity index (χ0n) is 16.5. The Hall–Kier alpha value is -1.69. The first-order valence-corrected chi connectivity index (χ1v) is 9.86. The minimum atomic E-state index is -0.495. The highest BCUT2D eigenvalue weighted by Crippen LogP contribution is 2.63. The molecule has 5 unspecified atom stereocenters. The fraction of sp³-hybridized carbons (Fsp3) is 0.762. The average molecular weight is 378 g/mol. The van der Waals surface area contributed by atoms with Gasteiger partial charge in [0.05, 0.1) is 13.5 Å². The number of ketones is 1. The second kappa shape index (κ2) is 7.38. The van der Waals surface area contributed by atoms with Crippen LogP contribution >= 0.6 is 0 Å². The van der Waals surface area contributed by atoms with Crippen molar-refractivity contribution >= 4 is 17.7 Å². The highest BCUT2D eigenvalue weighted by molar-refractivity contribution is 5.95. The third kappa shape index (κ3) is 3.22. The van der Waals surface area contributed by atoms with Crippen LogP contribution in [0.25, 0.3) is 0 Å². The quantitative estimate of drug-likeness (QED) is 0.714. The maximum absolute atomic E-state index is 12.9. The summed E-state index contributed by atoms with van der Waals surface area (Å²) in [6, 6.07) is 0. The van der Waals surface area contributed by atoms with E-state index in [0.717, 1.165) is 19.3 Å². The summed E-state index contributed by atoms with van der Waals surface area (Å²) < 4.78 is 10.1. The van der Waals surface area contributed by atoms with E-state index in [1.165, 1.54) is 7.11 Å². The number of rotatable bonds is 6. The molecule has 1 N–H and O–H groups in total. The lowest BCUT2D eigenvalue weighted by atomic mass is 9.46. The van der Waals surface area contributed by atoms with Crippen LogP contribution in [-0.4, -0.2) is 43.2 Å². The van der Waals surface area contributed by atoms with E-state index < -0.39 is 5.41 Å². The Morgan fingerprint density at radius 3 is 2.85 bits per heavy atom. The first kappa shape index (κ1) is 20.1. The Morgan fingerprint density at radius 2 is 2.19 bits per heavy atom. The lowest BCUT2D eigenvalue weighted by Gasteiger charge is -2.55. The Kier molecular flexibility index (Phi) is 5.48. The Morgan fingerprint density at radius 1 is 1.44 bits per heavy atom. The van der Waals surface area contributed by atoms with Crippen molar-refractivity contribution in [2.45, 2.75) is 52.4 Å². The topological polar surface area (TPSA) is 89.9 Å². The molecule has 3 rings (SSSR count). The minimum Gasteiger partial charge on any atom is -0.469 e. The maximum atomic E-state index is 12.9. The fourth-order valence-electron chi connectivity index (χ4n) is 5.65. The van der Waals surface area contributed by atoms with Gasteiger partial charge < -0.3 is 14.6 Å². The van der Waals surface area contributed by atoms with Gasteiger partial charge in [-0.05, 0) is 42.9 Å². The molecule has 150 valence electrons. The fourth-order valence-corrected chi connectivity index (χ4v) is 5.65. The van der Waals surface area contributed by atoms with Crippen LogP contribution in [-0.2, 0) is 23.9 Å². The van der Waals surface area contributed by atoms with E-state index in [1.807, 2.05) is 13.0 Å². The number of aliphatic hydroxyl groups is 1. The van der Waals surface area contributed by atoms with Gasteiger partial charge >= 0.3 is 11.9 Å². The molecule has 0 amide bonds. The van der Waals surface area contributed by atoms with E-state index in [2.05, 4.69) is 6.92 Å². The molecule has 1 aliphatic heterocycles. The van der Waals surface area contributed by atoms with Gasteiger partial charge in [-0.25, -0.2) is 4.79 Å². The number of hydrogen-bond donors (Lipinski definition) is 1. The van der Waals surface area contributed by atoms with Crippen LogP contribution in [0.4, 0.5) is 0 Å². The summed E-state index contributed by atoms with van der Waals surface area (Å²) in [5, 5.41) is 9.67. The number of allylic oxidation sites excluding steroid dienone is 1. The standard InChI is InChI=1S/C21H30O6/c1-13-16(23)10-21-12-27-19(25)15(21)5-4-6-17(21)20(13,2)8-7-14(11-22)9-18(24)26-3/h5,13-14,17,22H,4,6-12H2,1-3H3. The Bertz CT molecular complexity index is 668. The summed E-state index contributed by atoms with van der Waals surface area (Å²) in [6.45, 7) is 4.33. The van der Waals surface area contributed by atoms with E-state index in [0.29, 0.717) is 25.0 Å². The molecule has 0 bridgehead atoms. The highest BCUT2D eigenvalue weighted by Gasteiger charge is 2.63. The first-order valence-electron chi connectivity index (χ1n) is 9.86. The van der Waals surface area contributed by atoms with E-state index in [1.54, 1.807) is 0 Å². The highest BCUT2D eigenvalue weighted by atomic mass is 16.5. The van der Waals surface area contributed by atoms with Gasteiger partial charge in [0.1, 0.15) is 12.4 Å². The number of esters is 2. The third-order valence-corrected chi connectivity index (χ3v) is 7.48. The number of aliphatic hydroxyl groups excluding tert-OH is 1. The van der Waals surface area contributed by atoms with E-state index in [4.69, 9.17) is 9.47 Å². The molecular formula is C21H30O6. The molecule has 2 fully saturated rings. The van der Waals surface area contributed by atoms with Crippen LogP contribution < -0.4 is 0 Å². The van der Waals surface area contributed by atoms with Gasteiger partial charge in [0.25, 0.3) is 0 Å². The second-order valence-corrected chi connectivity index (χ2v) is 8.72. The van der Waals surface area contributed by atoms with Crippen LogP contribution in [0.1, 0.15) is 52.4 Å². The molecule has 27 heavy (non-hydrogen) atoms. The number of carbonyl (C=O) groups is 3. The number of Topliss-reactive ketones (excluding diaryl/α,β-unsaturated/α-hetero) is 1. The largest absolute Gasteiger partial charge is 0.469 e. The number of hydrogen-bond acceptors (Lipinski definition) is 6. The predicted octanol–water partition coefficient (Wildman–Crippen LogP) is 2.43. The molecule has 5 atom stereocenters. The summed E-state index contributed by atoms with van der Waals surface area (Å²) in [4.78, 5) is 36.8. The molecule has 1 heterocycles. The van der Waals surface area contributed by atoms with Crippen molar-refractivity contribution < 1.29 is 29.0 Å². The van der Waals surface area contributed by atoms with Gasteiger partial charge in [-0.15, -0.1) is 0 Å². The maximum Gasteiger partial charge on any atom is 0.334 e. The van der Waals surface area contributed by atoms with Crippen molar-refractivity contribution in [3.63, 3.8) is 0 Å². The number of carbonyl (C=O) groups excluding carboxylic acids is 3. The van der Waals surface area contributed by atoms with Gasteiger partial charge in [-0.3, -0.25) is 9.59 Å². The number of cyclic esters (lactones) is 1. The zero-order chi connectivity index (χ0) is 19.8. The van der Waals surface area contributed by atoms with Crippen LogP contribution in [0.15, 0.2) is 11.6 Å². The molecule has 2 aliphatic carbocycles. The molecule has 0 aromatic heterocycles. The van der Waals surface area contributed by atoms with E-state index in [9.17, 15) is 19.5 Å². The normalized spacial score (nSPS) is 36.4. The molecule has 1 spiro atoms. The lowest BCUT2D eigenvalue weighted by Crippen LogP contribution is -2.55. The molecule has 0 aromatic carbocycles. The predicted molar refractivity (Wildman–Crippen MR) is 97.5 cm³/mol. The van der Waals surface area contributed by atoms with Crippen molar-refractivity contribution in [2.24, 2.45) is 28.6 Å². The monoisotopic (exact) mass is 378 g/mol. The lowest BCUT2D eigenvalue weighted by molar-refractivity contribution is -0.147. The summed E-state index contributed by atoms with van der Waals surface area (Å²) >= 11 is 0. The van der Waals surface area contributed by atoms with E-state index >= 15 is 0 Å². The Balaban J connectivity index is 1.86. The third-order valence-electron chi connectivity index (χ3n) is 7.48. The van der Waals surface area contributed by atoms with Crippen LogP contribution in [0.5, 0.6) is 0 Å². The van der Waals surface area contributed by atoms with Crippen LogP contribution in [0, 0.1) is 28.6 Å². The SMILES string of the molecule is COC(=O)CC(CO)CCC1(C)C(C)C(=O)CC23COC(=O)C2=CCCC31. The second-order valence-electron chi connectivity index (χ2n) is 8.72. The summed E-state index contributed by atoms with van der Waals surface area (Å²) in [5.74, 6) is -0.561. The van der Waals surface area contributed by atoms with Crippen molar-refractivity contribution in [2.75, 3.05) is 20.3 Å². The van der Waals surface area contributed by atoms with E-state index in [-0.39, 0.29) is 53.9 Å². The summed E-state index contributed by atoms with van der Waals surface area (Å²) in [6.07, 6.45) is 5.61. The average Bonchev–Trinajstić information content (AvgIpc) is 2.99. The van der Waals surface area contributed by atoms with Crippen molar-refractivity contribution in [1.29, 1.82) is 0 Å². The summed E-state index contributed by atoms with van der Waals surface area (Å²) in [7, 11) is 1.34. The molecule has 6 heteroatoms. The van der Waals surface area contributed by atoms with Gasteiger partial charge in [0.15, 0.2) is 0 Å². The number of ether oxygens (including phenoxy) is 2. The van der Waals surface area contributed by atoms with Crippen molar-refractivity contribution in [3.8, 4) is 0 Å². The van der Waals surface area contributed by atoms with Crippen LogP contribution in [0.2, 0.25) is 0 Å². The van der Waals surface area contributed by atoms with Gasteiger partial charge in [-0.1, -0.05) is 19.9 Å². The zero-order valence-corrected chi connectivity index (χ0v) is 16.5. The van der Waals surface area contributed by atoms with Gasteiger partial charge in [0, 0.05) is 29.9 Å². The molecule has 1 saturated carbocycles. The number of methoxy groups -OCH3 is 1. The molecule has 1 saturated heterocycles. The van der Waals surface area contributed by atoms with Crippen LogP contribution in [0.3, 0.4) is 0 Å². The Labute approximate surface area is 160 Å². The van der Waals surface area contributed by atoms with Gasteiger partial charge in [-0.2, -0.15) is 0 Å². The van der Waals surface area contributed by atoms with Gasteiger partial charge in [0.2, 0.25) is 0 Å². The van der Waals surface area contributed by atoms with Crippen molar-refractivity contribution in [1.82, 2.24) is 0 Å². The molecule has 0 radical (unpaired) electrons. The minimum absolute atomic E-state index is 0.0872. The first-order chi connectivity index (χ1) is 12.8. The smallest absolute Gasteiger partial charge is 0.334 e. The molecule has 6 nitrogen and oxygen atoms in total. The molecule has 3 aliphatic rings.